The maximum atomic E-state index is 2.99. The molecule has 0 spiro atoms. The van der Waals surface area contributed by atoms with Gasteiger partial charge in [0.25, 0.3) is 0 Å². The predicted octanol–water partition coefficient (Wildman–Crippen LogP) is 5.55. The first kappa shape index (κ1) is 18.5. The monoisotopic (exact) mass is 285 g/mol. The number of hydrogen-bond acceptors (Lipinski definition) is 1. The molecule has 0 atom stereocenters. The highest BCUT2D eigenvalue weighted by Gasteiger charge is 2.50. The zero-order valence-corrected chi connectivity index (χ0v) is 17.0. The lowest BCUT2D eigenvalue weighted by atomic mass is 9.32. The van der Waals surface area contributed by atoms with E-state index in [1.54, 1.807) is 0 Å². The zero-order valence-electron chi connectivity index (χ0n) is 15.0. The van der Waals surface area contributed by atoms with Crippen LogP contribution in [-0.4, -0.2) is 27.5 Å². The molecule has 0 bridgehead atoms. The molecule has 0 aliphatic carbocycles. The van der Waals surface area contributed by atoms with Crippen LogP contribution in [-0.2, 0) is 0 Å². The van der Waals surface area contributed by atoms with Crippen LogP contribution >= 0.6 is 0 Å². The minimum absolute atomic E-state index is 0.332. The fraction of sp³-hybridized carbons (Fsp3) is 1.00. The van der Waals surface area contributed by atoms with Gasteiger partial charge in [0.2, 0.25) is 6.85 Å². The molecule has 0 radical (unpaired) electrons. The van der Waals surface area contributed by atoms with Crippen LogP contribution in [0.25, 0.3) is 0 Å². The summed E-state index contributed by atoms with van der Waals surface area (Å²) in [7, 11) is -2.62. The second-order valence-corrected chi connectivity index (χ2v) is 19.9. The summed E-state index contributed by atoms with van der Waals surface area (Å²) in [5.41, 5.74) is 0. The Morgan fingerprint density at radius 3 is 0.889 bits per heavy atom. The van der Waals surface area contributed by atoms with E-state index >= 15 is 0 Å². The molecule has 0 saturated heterocycles. The summed E-state index contributed by atoms with van der Waals surface area (Å²) in [6.45, 7) is 30.2. The van der Waals surface area contributed by atoms with E-state index in [9.17, 15) is 0 Å². The molecule has 0 fully saturated rings. The molecule has 0 N–H and O–H groups in total. The van der Waals surface area contributed by atoms with E-state index in [0.717, 1.165) is 0 Å². The molecule has 1 nitrogen and oxygen atoms in total. The quantitative estimate of drug-likeness (QED) is 0.614. The lowest BCUT2D eigenvalue weighted by Gasteiger charge is -2.56. The van der Waals surface area contributed by atoms with Gasteiger partial charge < -0.3 is 4.14 Å². The average Bonchev–Trinajstić information content (AvgIpc) is 1.89. The molecular formula is C14H36BNSi2. The number of nitrogens with zero attached hydrogens (tertiary/aromatic N) is 1. The third kappa shape index (κ3) is 4.86. The van der Waals surface area contributed by atoms with Gasteiger partial charge in [-0.2, -0.15) is 0 Å². The van der Waals surface area contributed by atoms with Crippen molar-refractivity contribution in [3.8, 4) is 0 Å². The van der Waals surface area contributed by atoms with E-state index in [1.807, 2.05) is 0 Å². The highest BCUT2D eigenvalue weighted by molar-refractivity contribution is 7.00. The second kappa shape index (κ2) is 5.10. The largest absolute Gasteiger partial charge is 0.387 e. The van der Waals surface area contributed by atoms with Gasteiger partial charge in [-0.15, -0.1) is 0 Å². The van der Waals surface area contributed by atoms with Crippen LogP contribution < -0.4 is 0 Å². The van der Waals surface area contributed by atoms with Gasteiger partial charge in [0, 0.05) is 0 Å². The fourth-order valence-electron chi connectivity index (χ4n) is 3.85. The molecule has 18 heavy (non-hydrogen) atoms. The lowest BCUT2D eigenvalue weighted by molar-refractivity contribution is 0.593. The highest BCUT2D eigenvalue weighted by atomic mass is 28.4. The van der Waals surface area contributed by atoms with Crippen LogP contribution in [0.5, 0.6) is 0 Å². The Labute approximate surface area is 119 Å². The first-order chi connectivity index (χ1) is 7.49. The molecular weight excluding hydrogens is 249 g/mol. The Morgan fingerprint density at radius 2 is 0.833 bits per heavy atom. The summed E-state index contributed by atoms with van der Waals surface area (Å²) < 4.78 is 2.99. The summed E-state index contributed by atoms with van der Waals surface area (Å²) >= 11 is 0. The van der Waals surface area contributed by atoms with Gasteiger partial charge in [-0.25, -0.2) is 0 Å². The average molecular weight is 285 g/mol. The molecule has 0 heterocycles. The van der Waals surface area contributed by atoms with Gasteiger partial charge in [-0.1, -0.05) is 80.8 Å². The maximum Gasteiger partial charge on any atom is 0.220 e. The minimum Gasteiger partial charge on any atom is -0.387 e. The molecule has 0 aromatic heterocycles. The Morgan fingerprint density at radius 1 is 0.611 bits per heavy atom. The van der Waals surface area contributed by atoms with Gasteiger partial charge in [-0.3, -0.25) is 0 Å². The summed E-state index contributed by atoms with van der Waals surface area (Å²) in [6.07, 6.45) is 0. The molecule has 0 saturated carbocycles. The van der Waals surface area contributed by atoms with Crippen LogP contribution in [0.15, 0.2) is 0 Å². The normalized spacial score (nSPS) is 15.2. The molecule has 0 aromatic rings. The predicted molar refractivity (Wildman–Crippen MR) is 93.7 cm³/mol. The molecule has 0 amide bonds. The van der Waals surface area contributed by atoms with Crippen LogP contribution in [0, 0.1) is 0 Å². The van der Waals surface area contributed by atoms with Gasteiger partial charge in [0.05, 0.1) is 0 Å². The van der Waals surface area contributed by atoms with Crippen molar-refractivity contribution < 1.29 is 0 Å². The van der Waals surface area contributed by atoms with Crippen molar-refractivity contribution in [2.45, 2.75) is 91.5 Å². The first-order valence-corrected chi connectivity index (χ1v) is 14.2. The molecule has 0 unspecified atom stereocenters. The minimum atomic E-state index is -1.31. The van der Waals surface area contributed by atoms with Gasteiger partial charge >= 0.3 is 0 Å². The summed E-state index contributed by atoms with van der Waals surface area (Å²) in [5, 5.41) is 0.664. The van der Waals surface area contributed by atoms with E-state index in [-0.39, 0.29) is 0 Å². The summed E-state index contributed by atoms with van der Waals surface area (Å²) in [5.74, 6) is 0. The zero-order chi connectivity index (χ0) is 15.2. The SMILES string of the molecule is CC(C)(C)B(N([Si](C)(C)C)[Si](C)(C)C)C(C)(C)C. The third-order valence-corrected chi connectivity index (χ3v) is 10.8. The standard InChI is InChI=1S/C14H36BNSi2/c1-13(2,3)15(14(4,5)6)16(17(7,8)9)18(10,11)12/h1-12H3. The van der Waals surface area contributed by atoms with Crippen molar-refractivity contribution in [1.82, 2.24) is 4.14 Å². The Hall–Kier alpha value is 0.459. The van der Waals surface area contributed by atoms with E-state index in [1.165, 1.54) is 0 Å². The maximum absolute atomic E-state index is 2.99. The van der Waals surface area contributed by atoms with E-state index in [4.69, 9.17) is 0 Å². The molecule has 4 heteroatoms. The smallest absolute Gasteiger partial charge is 0.220 e. The number of hydrogen-bond donors (Lipinski definition) is 0. The van der Waals surface area contributed by atoms with Gasteiger partial charge in [0.1, 0.15) is 16.5 Å². The molecule has 108 valence electrons. The molecule has 0 rings (SSSR count). The van der Waals surface area contributed by atoms with Crippen molar-refractivity contribution in [1.29, 1.82) is 0 Å². The van der Waals surface area contributed by atoms with Gasteiger partial charge in [0.15, 0.2) is 0 Å². The van der Waals surface area contributed by atoms with Crippen molar-refractivity contribution in [3.63, 3.8) is 0 Å². The van der Waals surface area contributed by atoms with E-state index < -0.39 is 16.5 Å². The van der Waals surface area contributed by atoms with Crippen LogP contribution in [0.2, 0.25) is 49.9 Å². The van der Waals surface area contributed by atoms with Crippen molar-refractivity contribution in [2.75, 3.05) is 0 Å². The Kier molecular flexibility index (Phi) is 5.23. The van der Waals surface area contributed by atoms with E-state index in [2.05, 4.69) is 85.0 Å². The van der Waals surface area contributed by atoms with Crippen molar-refractivity contribution in [2.24, 2.45) is 0 Å². The van der Waals surface area contributed by atoms with Crippen molar-refractivity contribution >= 4 is 23.3 Å². The summed E-state index contributed by atoms with van der Waals surface area (Å²) in [6, 6.07) is 0. The van der Waals surface area contributed by atoms with Crippen LogP contribution in [0.1, 0.15) is 41.5 Å². The first-order valence-electron chi connectivity index (χ1n) is 7.28. The Bertz CT molecular complexity index is 218. The van der Waals surface area contributed by atoms with Crippen LogP contribution in [0.3, 0.4) is 0 Å². The highest BCUT2D eigenvalue weighted by Crippen LogP contribution is 2.46. The van der Waals surface area contributed by atoms with Crippen molar-refractivity contribution in [3.05, 3.63) is 0 Å². The van der Waals surface area contributed by atoms with E-state index in [0.29, 0.717) is 17.5 Å². The van der Waals surface area contributed by atoms with Gasteiger partial charge in [-0.05, 0) is 10.6 Å². The Balaban J connectivity index is 5.84. The molecule has 0 aromatic carbocycles. The third-order valence-electron chi connectivity index (χ3n) is 3.34. The molecule has 0 aliphatic heterocycles. The fourth-order valence-corrected chi connectivity index (χ4v) is 15.0. The number of rotatable bonds is 3. The summed E-state index contributed by atoms with van der Waals surface area (Å²) in [4.78, 5) is 0. The topological polar surface area (TPSA) is 3.24 Å². The second-order valence-electron chi connectivity index (χ2n) is 9.85. The lowest BCUT2D eigenvalue weighted by Crippen LogP contribution is -2.69. The molecule has 0 aliphatic rings. The van der Waals surface area contributed by atoms with Crippen LogP contribution in [0.4, 0.5) is 0 Å².